The molecule has 0 unspecified atom stereocenters. The van der Waals surface area contributed by atoms with E-state index in [0.29, 0.717) is 17.2 Å². The van der Waals surface area contributed by atoms with E-state index in [1.165, 1.54) is 30.5 Å². The van der Waals surface area contributed by atoms with Crippen LogP contribution in [0.5, 0.6) is 0 Å². The van der Waals surface area contributed by atoms with Gasteiger partial charge < -0.3 is 5.32 Å². The average Bonchev–Trinajstić information content (AvgIpc) is 2.60. The minimum absolute atomic E-state index is 0.00228. The van der Waals surface area contributed by atoms with Crippen molar-refractivity contribution in [1.82, 2.24) is 4.98 Å². The molecule has 26 heavy (non-hydrogen) atoms. The van der Waals surface area contributed by atoms with E-state index < -0.39 is 15.8 Å². The Hall–Kier alpha value is -2.64. The van der Waals surface area contributed by atoms with Gasteiger partial charge in [-0.2, -0.15) is 0 Å². The van der Waals surface area contributed by atoms with Crippen molar-refractivity contribution in [2.75, 3.05) is 10.0 Å². The Morgan fingerprint density at radius 3 is 2.46 bits per heavy atom. The van der Waals surface area contributed by atoms with Crippen molar-refractivity contribution >= 4 is 38.8 Å². The van der Waals surface area contributed by atoms with Crippen molar-refractivity contribution in [3.05, 3.63) is 77.2 Å². The van der Waals surface area contributed by atoms with Crippen LogP contribution in [0.2, 0.25) is 5.02 Å². The van der Waals surface area contributed by atoms with Crippen LogP contribution in [-0.4, -0.2) is 13.4 Å². The van der Waals surface area contributed by atoms with E-state index in [4.69, 9.17) is 11.6 Å². The predicted molar refractivity (Wildman–Crippen MR) is 101 cm³/mol. The molecule has 0 saturated carbocycles. The summed E-state index contributed by atoms with van der Waals surface area (Å²) >= 11 is 5.74. The Bertz CT molecular complexity index is 1040. The molecule has 1 aromatic heterocycles. The van der Waals surface area contributed by atoms with Gasteiger partial charge in [0.1, 0.15) is 11.6 Å². The summed E-state index contributed by atoms with van der Waals surface area (Å²) in [5.41, 5.74) is 1.75. The maximum absolute atomic E-state index is 13.2. The molecular weight excluding hydrogens is 377 g/mol. The van der Waals surface area contributed by atoms with Gasteiger partial charge in [0, 0.05) is 5.69 Å². The molecule has 0 radical (unpaired) electrons. The van der Waals surface area contributed by atoms with Crippen molar-refractivity contribution in [3.8, 4) is 0 Å². The highest BCUT2D eigenvalue weighted by Gasteiger charge is 2.14. The van der Waals surface area contributed by atoms with Crippen LogP contribution < -0.4 is 10.0 Å². The summed E-state index contributed by atoms with van der Waals surface area (Å²) in [7, 11) is -3.69. The Balaban J connectivity index is 1.74. The number of aryl methyl sites for hydroxylation is 1. The lowest BCUT2D eigenvalue weighted by Gasteiger charge is -2.10. The molecule has 0 spiro atoms. The number of nitrogens with one attached hydrogen (secondary N) is 2. The fourth-order valence-corrected chi connectivity index (χ4v) is 3.57. The first-order valence-corrected chi connectivity index (χ1v) is 9.47. The van der Waals surface area contributed by atoms with E-state index in [0.717, 1.165) is 5.56 Å². The Kier molecular flexibility index (Phi) is 5.11. The van der Waals surface area contributed by atoms with Gasteiger partial charge in [-0.1, -0.05) is 23.7 Å². The SMILES string of the molecule is Cc1cccc(S(=O)(=O)Nc2ccc(Nc3ccc(F)c(Cl)c3)nc2)c1. The molecule has 0 amide bonds. The standard InChI is InChI=1S/C18H15ClFN3O2S/c1-12-3-2-4-15(9-12)26(24,25)23-14-6-8-18(21-11-14)22-13-5-7-17(20)16(19)10-13/h2-11,23H,1H3,(H,21,22). The molecule has 0 saturated heterocycles. The van der Waals surface area contributed by atoms with Gasteiger partial charge in [0.25, 0.3) is 10.0 Å². The quantitative estimate of drug-likeness (QED) is 0.659. The number of sulfonamides is 1. The number of anilines is 3. The second-order valence-corrected chi connectivity index (χ2v) is 7.70. The number of benzene rings is 2. The van der Waals surface area contributed by atoms with Gasteiger partial charge in [0.2, 0.25) is 0 Å². The summed E-state index contributed by atoms with van der Waals surface area (Å²) in [6.07, 6.45) is 1.39. The molecule has 5 nitrogen and oxygen atoms in total. The first kappa shape index (κ1) is 18.2. The molecule has 0 aliphatic heterocycles. The number of hydrogen-bond donors (Lipinski definition) is 2. The Morgan fingerprint density at radius 2 is 1.81 bits per heavy atom. The van der Waals surface area contributed by atoms with Crippen LogP contribution in [0, 0.1) is 12.7 Å². The van der Waals surface area contributed by atoms with Crippen molar-refractivity contribution in [2.45, 2.75) is 11.8 Å². The number of aromatic nitrogens is 1. The van der Waals surface area contributed by atoms with Crippen LogP contribution in [-0.2, 0) is 10.0 Å². The third-order valence-corrected chi connectivity index (χ3v) is 5.18. The molecule has 0 bridgehead atoms. The molecule has 0 aliphatic carbocycles. The van der Waals surface area contributed by atoms with Gasteiger partial charge in [0.15, 0.2) is 0 Å². The van der Waals surface area contributed by atoms with Gasteiger partial charge in [-0.15, -0.1) is 0 Å². The summed E-state index contributed by atoms with van der Waals surface area (Å²) in [5, 5.41) is 2.96. The predicted octanol–water partition coefficient (Wildman–Crippen LogP) is 4.73. The van der Waals surface area contributed by atoms with Crippen LogP contribution in [0.3, 0.4) is 0 Å². The smallest absolute Gasteiger partial charge is 0.261 e. The van der Waals surface area contributed by atoms with E-state index in [-0.39, 0.29) is 9.92 Å². The van der Waals surface area contributed by atoms with Gasteiger partial charge in [-0.05, 0) is 55.0 Å². The molecule has 3 rings (SSSR count). The summed E-state index contributed by atoms with van der Waals surface area (Å²) in [6, 6.07) is 14.0. The zero-order valence-corrected chi connectivity index (χ0v) is 15.3. The number of nitrogens with zero attached hydrogens (tertiary/aromatic N) is 1. The minimum atomic E-state index is -3.69. The Morgan fingerprint density at radius 1 is 1.04 bits per heavy atom. The fourth-order valence-electron chi connectivity index (χ4n) is 2.25. The lowest BCUT2D eigenvalue weighted by Crippen LogP contribution is -2.13. The van der Waals surface area contributed by atoms with Crippen LogP contribution >= 0.6 is 11.6 Å². The van der Waals surface area contributed by atoms with Crippen molar-refractivity contribution in [3.63, 3.8) is 0 Å². The molecule has 2 aromatic carbocycles. The van der Waals surface area contributed by atoms with Gasteiger partial charge >= 0.3 is 0 Å². The molecule has 8 heteroatoms. The summed E-state index contributed by atoms with van der Waals surface area (Å²) < 4.78 is 40.4. The minimum Gasteiger partial charge on any atom is -0.340 e. The molecule has 3 aromatic rings. The Labute approximate surface area is 155 Å². The van der Waals surface area contributed by atoms with E-state index in [2.05, 4.69) is 15.0 Å². The molecule has 0 fully saturated rings. The molecule has 134 valence electrons. The number of rotatable bonds is 5. The van der Waals surface area contributed by atoms with Crippen LogP contribution in [0.4, 0.5) is 21.6 Å². The lowest BCUT2D eigenvalue weighted by molar-refractivity contribution is 0.601. The van der Waals surface area contributed by atoms with Crippen LogP contribution in [0.15, 0.2) is 65.7 Å². The summed E-state index contributed by atoms with van der Waals surface area (Å²) in [6.45, 7) is 1.82. The third kappa shape index (κ3) is 4.30. The fraction of sp³-hybridized carbons (Fsp3) is 0.0556. The second-order valence-electron chi connectivity index (χ2n) is 5.61. The number of pyridine rings is 1. The van der Waals surface area contributed by atoms with E-state index >= 15 is 0 Å². The van der Waals surface area contributed by atoms with Crippen molar-refractivity contribution in [1.29, 1.82) is 0 Å². The normalized spacial score (nSPS) is 11.2. The highest BCUT2D eigenvalue weighted by atomic mass is 35.5. The molecule has 0 atom stereocenters. The van der Waals surface area contributed by atoms with Crippen molar-refractivity contribution in [2.24, 2.45) is 0 Å². The van der Waals surface area contributed by atoms with Gasteiger partial charge in [-0.25, -0.2) is 17.8 Å². The molecular formula is C18H15ClFN3O2S. The number of hydrogen-bond acceptors (Lipinski definition) is 4. The second kappa shape index (κ2) is 7.31. The average molecular weight is 392 g/mol. The maximum atomic E-state index is 13.2. The largest absolute Gasteiger partial charge is 0.340 e. The van der Waals surface area contributed by atoms with Crippen LogP contribution in [0.1, 0.15) is 5.56 Å². The highest BCUT2D eigenvalue weighted by molar-refractivity contribution is 7.92. The molecule has 2 N–H and O–H groups in total. The van der Waals surface area contributed by atoms with E-state index in [1.807, 2.05) is 13.0 Å². The van der Waals surface area contributed by atoms with E-state index in [1.54, 1.807) is 24.3 Å². The highest BCUT2D eigenvalue weighted by Crippen LogP contribution is 2.23. The van der Waals surface area contributed by atoms with E-state index in [9.17, 15) is 12.8 Å². The lowest BCUT2D eigenvalue weighted by atomic mass is 10.2. The van der Waals surface area contributed by atoms with Gasteiger partial charge in [-0.3, -0.25) is 4.72 Å². The van der Waals surface area contributed by atoms with Crippen molar-refractivity contribution < 1.29 is 12.8 Å². The first-order chi connectivity index (χ1) is 12.3. The summed E-state index contributed by atoms with van der Waals surface area (Å²) in [4.78, 5) is 4.33. The third-order valence-electron chi connectivity index (χ3n) is 3.51. The zero-order valence-electron chi connectivity index (χ0n) is 13.7. The molecule has 1 heterocycles. The zero-order chi connectivity index (χ0) is 18.7. The first-order valence-electron chi connectivity index (χ1n) is 7.61. The number of halogens is 2. The topological polar surface area (TPSA) is 71.1 Å². The monoisotopic (exact) mass is 391 g/mol. The summed E-state index contributed by atoms with van der Waals surface area (Å²) in [5.74, 6) is -0.0442. The molecule has 0 aliphatic rings. The van der Waals surface area contributed by atoms with Crippen LogP contribution in [0.25, 0.3) is 0 Å². The maximum Gasteiger partial charge on any atom is 0.261 e. The van der Waals surface area contributed by atoms with Gasteiger partial charge in [0.05, 0.1) is 21.8 Å².